The van der Waals surface area contributed by atoms with Gasteiger partial charge in [-0.15, -0.1) is 0 Å². The van der Waals surface area contributed by atoms with Crippen LogP contribution in [0.5, 0.6) is 11.5 Å². The van der Waals surface area contributed by atoms with E-state index in [-0.39, 0.29) is 23.5 Å². The van der Waals surface area contributed by atoms with E-state index >= 15 is 0 Å². The summed E-state index contributed by atoms with van der Waals surface area (Å²) < 4.78 is 38.7. The third-order valence-electron chi connectivity index (χ3n) is 6.82. The van der Waals surface area contributed by atoms with Gasteiger partial charge in [0.15, 0.2) is 11.5 Å². The molecular weight excluding hydrogens is 494 g/mol. The number of sulfonamides is 1. The van der Waals surface area contributed by atoms with Crippen molar-refractivity contribution < 1.29 is 27.5 Å². The number of benzene rings is 3. The molecular formula is C27H27N3O6S. The van der Waals surface area contributed by atoms with E-state index in [0.717, 1.165) is 17.5 Å². The second-order valence-corrected chi connectivity index (χ2v) is 10.8. The second kappa shape index (κ2) is 9.78. The normalized spacial score (nSPS) is 16.5. The van der Waals surface area contributed by atoms with Crippen LogP contribution in [0.25, 0.3) is 0 Å². The molecule has 3 aromatic carbocycles. The smallest absolute Gasteiger partial charge is 0.329 e. The molecule has 0 saturated carbocycles. The predicted molar refractivity (Wildman–Crippen MR) is 137 cm³/mol. The number of ether oxygens (including phenoxy) is 2. The first-order valence-electron chi connectivity index (χ1n) is 11.9. The molecule has 0 spiro atoms. The number of rotatable bonds is 6. The Bertz CT molecular complexity index is 1470. The van der Waals surface area contributed by atoms with Crippen LogP contribution in [0.2, 0.25) is 0 Å². The van der Waals surface area contributed by atoms with E-state index in [9.17, 15) is 18.0 Å². The third-order valence-corrected chi connectivity index (χ3v) is 8.31. The van der Waals surface area contributed by atoms with E-state index in [4.69, 9.17) is 9.47 Å². The van der Waals surface area contributed by atoms with Crippen molar-refractivity contribution in [3.05, 3.63) is 83.4 Å². The van der Waals surface area contributed by atoms with Crippen LogP contribution in [0.4, 0.5) is 10.5 Å². The number of fused-ring (bicyclic) bond motifs is 2. The first kappa shape index (κ1) is 24.6. The summed E-state index contributed by atoms with van der Waals surface area (Å²) in [5.41, 5.74) is 3.12. The van der Waals surface area contributed by atoms with Crippen LogP contribution in [0.1, 0.15) is 29.0 Å². The van der Waals surface area contributed by atoms with Gasteiger partial charge >= 0.3 is 6.03 Å². The molecule has 2 N–H and O–H groups in total. The number of nitrogens with zero attached hydrogens (tertiary/aromatic N) is 1. The average molecular weight is 522 g/mol. The quantitative estimate of drug-likeness (QED) is 0.514. The molecule has 1 aliphatic heterocycles. The van der Waals surface area contributed by atoms with E-state index < -0.39 is 22.1 Å². The molecule has 2 atom stereocenters. The summed E-state index contributed by atoms with van der Waals surface area (Å²) in [5, 5.41) is 2.67. The summed E-state index contributed by atoms with van der Waals surface area (Å²) >= 11 is 0. The Morgan fingerprint density at radius 3 is 2.54 bits per heavy atom. The summed E-state index contributed by atoms with van der Waals surface area (Å²) in [6.45, 7) is 1.75. The Morgan fingerprint density at radius 1 is 1.00 bits per heavy atom. The zero-order valence-electron chi connectivity index (χ0n) is 20.4. The summed E-state index contributed by atoms with van der Waals surface area (Å²) in [5.74, 6) is 0.399. The molecule has 0 aromatic heterocycles. The zero-order chi connectivity index (χ0) is 26.2. The molecule has 37 heavy (non-hydrogen) atoms. The zero-order valence-corrected chi connectivity index (χ0v) is 21.2. The highest BCUT2D eigenvalue weighted by Gasteiger charge is 2.38. The molecule has 3 aromatic rings. The summed E-state index contributed by atoms with van der Waals surface area (Å²) in [4.78, 5) is 28.3. The molecule has 3 amide bonds. The van der Waals surface area contributed by atoms with Gasteiger partial charge in [-0.3, -0.25) is 4.79 Å². The molecule has 2 aliphatic rings. The lowest BCUT2D eigenvalue weighted by Gasteiger charge is -2.29. The summed E-state index contributed by atoms with van der Waals surface area (Å²) in [6.07, 6.45) is 1.39. The predicted octanol–water partition coefficient (Wildman–Crippen LogP) is 3.47. The first-order valence-corrected chi connectivity index (χ1v) is 13.4. The number of hydrogen-bond donors (Lipinski definition) is 2. The second-order valence-electron chi connectivity index (χ2n) is 9.10. The van der Waals surface area contributed by atoms with Crippen molar-refractivity contribution in [1.29, 1.82) is 0 Å². The lowest BCUT2D eigenvalue weighted by atomic mass is 9.92. The number of likely N-dealkylation sites (N-methyl/N-ethyl adjacent to an activating group) is 1. The van der Waals surface area contributed by atoms with E-state index in [1.54, 1.807) is 50.4 Å². The van der Waals surface area contributed by atoms with Crippen molar-refractivity contribution >= 4 is 27.6 Å². The van der Waals surface area contributed by atoms with Crippen LogP contribution in [-0.2, 0) is 21.2 Å². The van der Waals surface area contributed by atoms with Crippen LogP contribution in [-0.4, -0.2) is 40.2 Å². The van der Waals surface area contributed by atoms with Gasteiger partial charge in [-0.05, 0) is 54.7 Å². The van der Waals surface area contributed by atoms with Gasteiger partial charge in [0.05, 0.1) is 4.90 Å². The van der Waals surface area contributed by atoms with Gasteiger partial charge in [-0.25, -0.2) is 17.9 Å². The largest absolute Gasteiger partial charge is 0.454 e. The number of carbonyl (C=O) groups is 2. The molecule has 0 radical (unpaired) electrons. The van der Waals surface area contributed by atoms with Crippen molar-refractivity contribution in [3.8, 4) is 11.5 Å². The fourth-order valence-corrected chi connectivity index (χ4v) is 6.07. The molecule has 0 unspecified atom stereocenters. The number of carbonyl (C=O) groups excluding carboxylic acids is 2. The minimum absolute atomic E-state index is 0.00304. The Morgan fingerprint density at radius 2 is 1.73 bits per heavy atom. The van der Waals surface area contributed by atoms with Gasteiger partial charge in [0.25, 0.3) is 10.0 Å². The van der Waals surface area contributed by atoms with Gasteiger partial charge in [0.2, 0.25) is 12.7 Å². The van der Waals surface area contributed by atoms with Gasteiger partial charge < -0.3 is 19.7 Å². The van der Waals surface area contributed by atoms with E-state index in [1.807, 2.05) is 24.3 Å². The van der Waals surface area contributed by atoms with Crippen molar-refractivity contribution in [2.75, 3.05) is 18.7 Å². The highest BCUT2D eigenvalue weighted by molar-refractivity contribution is 7.90. The lowest BCUT2D eigenvalue weighted by molar-refractivity contribution is -0.120. The number of aryl methyl sites for hydroxylation is 2. The molecule has 0 fully saturated rings. The molecule has 5 rings (SSSR count). The maximum Gasteiger partial charge on any atom is 0.329 e. The Hall–Kier alpha value is -4.05. The number of hydrogen-bond acceptors (Lipinski definition) is 6. The highest BCUT2D eigenvalue weighted by atomic mass is 32.2. The van der Waals surface area contributed by atoms with Crippen molar-refractivity contribution in [1.82, 2.24) is 10.0 Å². The van der Waals surface area contributed by atoms with Crippen LogP contribution in [0.3, 0.4) is 0 Å². The molecule has 10 heteroatoms. The minimum Gasteiger partial charge on any atom is -0.454 e. The third kappa shape index (κ3) is 4.84. The Labute approximate surface area is 215 Å². The van der Waals surface area contributed by atoms with E-state index in [2.05, 4.69) is 10.0 Å². The SMILES string of the molecule is Cc1ccccc1S(=O)(=O)NC(=O)N[C@H](C(=O)N(C)c1ccc2c(c1)OCO2)[C@H]1CCc2ccccc21. The Balaban J connectivity index is 1.42. The Kier molecular flexibility index (Phi) is 6.51. The summed E-state index contributed by atoms with van der Waals surface area (Å²) in [6, 6.07) is 17.3. The fraction of sp³-hybridized carbons (Fsp3) is 0.259. The topological polar surface area (TPSA) is 114 Å². The number of urea groups is 1. The average Bonchev–Trinajstić information content (AvgIpc) is 3.53. The first-order chi connectivity index (χ1) is 17.7. The van der Waals surface area contributed by atoms with Crippen molar-refractivity contribution in [3.63, 3.8) is 0 Å². The van der Waals surface area contributed by atoms with Gasteiger partial charge in [0.1, 0.15) is 6.04 Å². The minimum atomic E-state index is -4.14. The fourth-order valence-electron chi connectivity index (χ4n) is 4.91. The lowest BCUT2D eigenvalue weighted by Crippen LogP contribution is -2.53. The maximum absolute atomic E-state index is 13.8. The van der Waals surface area contributed by atoms with Crippen molar-refractivity contribution in [2.45, 2.75) is 36.6 Å². The number of anilines is 1. The van der Waals surface area contributed by atoms with Crippen LogP contribution in [0, 0.1) is 6.92 Å². The number of amides is 3. The van der Waals surface area contributed by atoms with E-state index in [0.29, 0.717) is 29.2 Å². The van der Waals surface area contributed by atoms with Crippen LogP contribution < -0.4 is 24.4 Å². The van der Waals surface area contributed by atoms with Crippen LogP contribution >= 0.6 is 0 Å². The maximum atomic E-state index is 13.8. The number of nitrogens with one attached hydrogen (secondary N) is 2. The van der Waals surface area contributed by atoms with Gasteiger partial charge in [-0.1, -0.05) is 42.5 Å². The molecule has 1 heterocycles. The monoisotopic (exact) mass is 521 g/mol. The molecule has 192 valence electrons. The van der Waals surface area contributed by atoms with Crippen LogP contribution in [0.15, 0.2) is 71.6 Å². The van der Waals surface area contributed by atoms with Gasteiger partial charge in [-0.2, -0.15) is 0 Å². The van der Waals surface area contributed by atoms with Gasteiger partial charge in [0, 0.05) is 24.7 Å². The molecule has 1 aliphatic carbocycles. The molecule has 0 saturated heterocycles. The van der Waals surface area contributed by atoms with Crippen molar-refractivity contribution in [2.24, 2.45) is 0 Å². The summed E-state index contributed by atoms with van der Waals surface area (Å²) in [7, 11) is -2.53. The molecule has 0 bridgehead atoms. The van der Waals surface area contributed by atoms with E-state index in [1.165, 1.54) is 11.0 Å². The standard InChI is InChI=1S/C27H27N3O6S/c1-17-7-3-6-10-24(17)37(33,34)29-27(32)28-25(21-13-11-18-8-4-5-9-20(18)21)26(31)30(2)19-12-14-22-23(15-19)36-16-35-22/h3-10,12,14-15,21,25H,11,13,16H2,1-2H3,(H2,28,29,32)/t21-,25-/m0/s1. The molecule has 9 nitrogen and oxygen atoms in total. The highest BCUT2D eigenvalue weighted by Crippen LogP contribution is 2.38.